The highest BCUT2D eigenvalue weighted by atomic mass is 16.5. The number of likely N-dealkylation sites (tertiary alicyclic amines) is 1. The van der Waals surface area contributed by atoms with Crippen molar-refractivity contribution in [3.8, 4) is 5.75 Å². The van der Waals surface area contributed by atoms with Crippen molar-refractivity contribution in [3.63, 3.8) is 0 Å². The van der Waals surface area contributed by atoms with Crippen molar-refractivity contribution in [3.05, 3.63) is 29.8 Å². The molecule has 2 atom stereocenters. The SMILES string of the molecule is CCC(=O)N1CC[C@H](NCc2cccc(OC3CCCC3)c2)[C@@H](C)C1. The first-order valence-electron chi connectivity index (χ1n) is 9.92. The third-order valence-electron chi connectivity index (χ3n) is 5.63. The van der Waals surface area contributed by atoms with Crippen LogP contribution in [0.2, 0.25) is 0 Å². The summed E-state index contributed by atoms with van der Waals surface area (Å²) in [7, 11) is 0. The Morgan fingerprint density at radius 3 is 2.80 bits per heavy atom. The van der Waals surface area contributed by atoms with Crippen LogP contribution in [0.15, 0.2) is 24.3 Å². The molecule has 1 saturated heterocycles. The first-order valence-corrected chi connectivity index (χ1v) is 9.92. The van der Waals surface area contributed by atoms with E-state index in [-0.39, 0.29) is 5.91 Å². The maximum Gasteiger partial charge on any atom is 0.222 e. The molecule has 4 nitrogen and oxygen atoms in total. The Hall–Kier alpha value is -1.55. The molecule has 2 aliphatic rings. The molecular formula is C21H32N2O2. The average Bonchev–Trinajstić information content (AvgIpc) is 3.13. The summed E-state index contributed by atoms with van der Waals surface area (Å²) in [6, 6.07) is 8.97. The number of benzene rings is 1. The number of carbonyl (C=O) groups excluding carboxylic acids is 1. The Kier molecular flexibility index (Phi) is 6.35. The number of rotatable bonds is 6. The summed E-state index contributed by atoms with van der Waals surface area (Å²) in [6.45, 7) is 6.79. The number of piperidine rings is 1. The van der Waals surface area contributed by atoms with Gasteiger partial charge in [-0.25, -0.2) is 0 Å². The minimum atomic E-state index is 0.280. The molecule has 1 saturated carbocycles. The number of ether oxygens (including phenoxy) is 1. The van der Waals surface area contributed by atoms with Crippen LogP contribution in [0.25, 0.3) is 0 Å². The molecule has 4 heteroatoms. The van der Waals surface area contributed by atoms with E-state index in [1.807, 2.05) is 11.8 Å². The lowest BCUT2D eigenvalue weighted by Gasteiger charge is -2.37. The van der Waals surface area contributed by atoms with Crippen molar-refractivity contribution >= 4 is 5.91 Å². The van der Waals surface area contributed by atoms with Crippen molar-refractivity contribution in [2.24, 2.45) is 5.92 Å². The molecule has 1 heterocycles. The first-order chi connectivity index (χ1) is 12.2. The quantitative estimate of drug-likeness (QED) is 0.855. The van der Waals surface area contributed by atoms with Crippen molar-refractivity contribution in [1.82, 2.24) is 10.2 Å². The molecule has 1 N–H and O–H groups in total. The van der Waals surface area contributed by atoms with Crippen molar-refractivity contribution in [2.45, 2.75) is 71.1 Å². The molecule has 0 radical (unpaired) electrons. The van der Waals surface area contributed by atoms with Crippen LogP contribution in [0.4, 0.5) is 0 Å². The van der Waals surface area contributed by atoms with Crippen LogP contribution in [0.1, 0.15) is 57.9 Å². The minimum absolute atomic E-state index is 0.280. The summed E-state index contributed by atoms with van der Waals surface area (Å²) < 4.78 is 6.11. The fourth-order valence-corrected chi connectivity index (χ4v) is 4.08. The zero-order chi connectivity index (χ0) is 17.6. The van der Waals surface area contributed by atoms with Crippen LogP contribution in [-0.2, 0) is 11.3 Å². The molecule has 1 amide bonds. The van der Waals surface area contributed by atoms with Gasteiger partial charge in [-0.2, -0.15) is 0 Å². The molecule has 1 aromatic carbocycles. The van der Waals surface area contributed by atoms with Crippen LogP contribution >= 0.6 is 0 Å². The van der Waals surface area contributed by atoms with E-state index >= 15 is 0 Å². The van der Waals surface area contributed by atoms with E-state index in [2.05, 4.69) is 36.5 Å². The summed E-state index contributed by atoms with van der Waals surface area (Å²) in [4.78, 5) is 13.9. The van der Waals surface area contributed by atoms with E-state index in [4.69, 9.17) is 4.74 Å². The number of carbonyl (C=O) groups is 1. The predicted molar refractivity (Wildman–Crippen MR) is 101 cm³/mol. The van der Waals surface area contributed by atoms with Gasteiger partial charge in [-0.1, -0.05) is 26.0 Å². The second kappa shape index (κ2) is 8.70. The lowest BCUT2D eigenvalue weighted by molar-refractivity contribution is -0.132. The van der Waals surface area contributed by atoms with Gasteiger partial charge < -0.3 is 15.0 Å². The zero-order valence-electron chi connectivity index (χ0n) is 15.7. The lowest BCUT2D eigenvalue weighted by atomic mass is 9.93. The molecule has 0 spiro atoms. The van der Waals surface area contributed by atoms with Crippen LogP contribution in [0.5, 0.6) is 5.75 Å². The summed E-state index contributed by atoms with van der Waals surface area (Å²) >= 11 is 0. The van der Waals surface area contributed by atoms with Gasteiger partial charge in [0, 0.05) is 32.1 Å². The van der Waals surface area contributed by atoms with Gasteiger partial charge in [0.2, 0.25) is 5.91 Å². The van der Waals surface area contributed by atoms with Crippen LogP contribution < -0.4 is 10.1 Å². The molecular weight excluding hydrogens is 312 g/mol. The molecule has 25 heavy (non-hydrogen) atoms. The minimum Gasteiger partial charge on any atom is -0.490 e. The van der Waals surface area contributed by atoms with E-state index < -0.39 is 0 Å². The number of hydrogen-bond donors (Lipinski definition) is 1. The Morgan fingerprint density at radius 1 is 1.28 bits per heavy atom. The van der Waals surface area contributed by atoms with Crippen LogP contribution in [0, 0.1) is 5.92 Å². The van der Waals surface area contributed by atoms with Gasteiger partial charge in [0.05, 0.1) is 6.10 Å². The van der Waals surface area contributed by atoms with Gasteiger partial charge in [-0.05, 0) is 55.7 Å². The molecule has 0 unspecified atom stereocenters. The largest absolute Gasteiger partial charge is 0.490 e. The molecule has 0 bridgehead atoms. The van der Waals surface area contributed by atoms with Gasteiger partial charge in [0.1, 0.15) is 5.75 Å². The number of amides is 1. The van der Waals surface area contributed by atoms with Crippen molar-refractivity contribution in [1.29, 1.82) is 0 Å². The number of hydrogen-bond acceptors (Lipinski definition) is 3. The average molecular weight is 344 g/mol. The highest BCUT2D eigenvalue weighted by Crippen LogP contribution is 2.25. The summed E-state index contributed by atoms with van der Waals surface area (Å²) in [5.74, 6) is 1.77. The number of nitrogens with zero attached hydrogens (tertiary/aromatic N) is 1. The normalized spacial score (nSPS) is 24.5. The molecule has 0 aromatic heterocycles. The molecule has 3 rings (SSSR count). The highest BCUT2D eigenvalue weighted by Gasteiger charge is 2.27. The molecule has 1 aliphatic heterocycles. The topological polar surface area (TPSA) is 41.6 Å². The fraction of sp³-hybridized carbons (Fsp3) is 0.667. The lowest BCUT2D eigenvalue weighted by Crippen LogP contribution is -2.49. The van der Waals surface area contributed by atoms with E-state index in [1.165, 1.54) is 31.2 Å². The van der Waals surface area contributed by atoms with E-state index in [9.17, 15) is 4.79 Å². The van der Waals surface area contributed by atoms with Crippen molar-refractivity contribution < 1.29 is 9.53 Å². The van der Waals surface area contributed by atoms with Crippen molar-refractivity contribution in [2.75, 3.05) is 13.1 Å². The molecule has 1 aromatic rings. The first kappa shape index (κ1) is 18.2. The summed E-state index contributed by atoms with van der Waals surface area (Å²) in [5, 5.41) is 3.69. The maximum atomic E-state index is 11.9. The second-order valence-electron chi connectivity index (χ2n) is 7.62. The Balaban J connectivity index is 1.49. The molecule has 138 valence electrons. The van der Waals surface area contributed by atoms with Gasteiger partial charge in [0.15, 0.2) is 0 Å². The third-order valence-corrected chi connectivity index (χ3v) is 5.63. The highest BCUT2D eigenvalue weighted by molar-refractivity contribution is 5.75. The Labute approximate surface area is 151 Å². The predicted octanol–water partition coefficient (Wildman–Crippen LogP) is 3.74. The van der Waals surface area contributed by atoms with Gasteiger partial charge in [-0.15, -0.1) is 0 Å². The summed E-state index contributed by atoms with van der Waals surface area (Å²) in [6.07, 6.45) is 7.02. The fourth-order valence-electron chi connectivity index (χ4n) is 4.08. The second-order valence-corrected chi connectivity index (χ2v) is 7.62. The molecule has 2 fully saturated rings. The Bertz CT molecular complexity index is 569. The van der Waals surface area contributed by atoms with Gasteiger partial charge in [0.25, 0.3) is 0 Å². The van der Waals surface area contributed by atoms with E-state index in [0.717, 1.165) is 31.8 Å². The van der Waals surface area contributed by atoms with Gasteiger partial charge in [-0.3, -0.25) is 4.79 Å². The smallest absolute Gasteiger partial charge is 0.222 e. The van der Waals surface area contributed by atoms with Gasteiger partial charge >= 0.3 is 0 Å². The van der Waals surface area contributed by atoms with E-state index in [0.29, 0.717) is 24.5 Å². The van der Waals surface area contributed by atoms with Crippen LogP contribution in [0.3, 0.4) is 0 Å². The van der Waals surface area contributed by atoms with Crippen LogP contribution in [-0.4, -0.2) is 36.0 Å². The third kappa shape index (κ3) is 4.97. The maximum absolute atomic E-state index is 11.9. The molecule has 1 aliphatic carbocycles. The van der Waals surface area contributed by atoms with E-state index in [1.54, 1.807) is 0 Å². The zero-order valence-corrected chi connectivity index (χ0v) is 15.7. The standard InChI is InChI=1S/C21H32N2O2/c1-3-21(24)23-12-11-20(16(2)15-23)22-14-17-7-6-10-19(13-17)25-18-8-4-5-9-18/h6-7,10,13,16,18,20,22H,3-5,8-9,11-12,14-15H2,1-2H3/t16-,20-/m0/s1. The summed E-state index contributed by atoms with van der Waals surface area (Å²) in [5.41, 5.74) is 1.27. The number of nitrogens with one attached hydrogen (secondary N) is 1. The monoisotopic (exact) mass is 344 g/mol. The Morgan fingerprint density at radius 2 is 2.08 bits per heavy atom.